The van der Waals surface area contributed by atoms with E-state index in [0.29, 0.717) is 23.6 Å². The van der Waals surface area contributed by atoms with Crippen LogP contribution in [0.5, 0.6) is 0 Å². The van der Waals surface area contributed by atoms with Gasteiger partial charge in [-0.1, -0.05) is 42.8 Å². The van der Waals surface area contributed by atoms with Crippen molar-refractivity contribution in [3.05, 3.63) is 70.5 Å². The summed E-state index contributed by atoms with van der Waals surface area (Å²) in [6.45, 7) is 2.16. The van der Waals surface area contributed by atoms with Crippen LogP contribution >= 0.6 is 11.6 Å². The largest absolute Gasteiger partial charge is 0.357 e. The maximum Gasteiger partial charge on any atom is 0.242 e. The molecule has 2 aromatic rings. The molecule has 0 saturated heterocycles. The first-order chi connectivity index (χ1) is 12.4. The van der Waals surface area contributed by atoms with Gasteiger partial charge in [0, 0.05) is 18.6 Å². The van der Waals surface area contributed by atoms with Crippen LogP contribution in [0.1, 0.15) is 24.5 Å². The van der Waals surface area contributed by atoms with Gasteiger partial charge in [-0.3, -0.25) is 9.59 Å². The zero-order chi connectivity index (χ0) is 19.1. The van der Waals surface area contributed by atoms with E-state index in [0.717, 1.165) is 5.56 Å². The first-order valence-corrected chi connectivity index (χ1v) is 8.82. The number of hydrogen-bond acceptors (Lipinski definition) is 2. The normalized spacial score (nSPS) is 11.7. The van der Waals surface area contributed by atoms with E-state index in [4.69, 9.17) is 11.6 Å². The molecule has 0 bridgehead atoms. The SMILES string of the molecule is CC[C@@H](C(=O)NC)N(Cc1ccc(Cl)cc1)C(=O)Cc1ccc(F)cc1. The predicted octanol–water partition coefficient (Wildman–Crippen LogP) is 3.58. The summed E-state index contributed by atoms with van der Waals surface area (Å²) in [5.41, 5.74) is 1.58. The molecule has 26 heavy (non-hydrogen) atoms. The molecule has 138 valence electrons. The summed E-state index contributed by atoms with van der Waals surface area (Å²) in [4.78, 5) is 26.7. The van der Waals surface area contributed by atoms with E-state index in [9.17, 15) is 14.0 Å². The van der Waals surface area contributed by atoms with Crippen LogP contribution in [0.4, 0.5) is 4.39 Å². The first kappa shape index (κ1) is 19.9. The molecule has 0 spiro atoms. The summed E-state index contributed by atoms with van der Waals surface area (Å²) < 4.78 is 13.1. The third-order valence-electron chi connectivity index (χ3n) is 4.17. The fraction of sp³-hybridized carbons (Fsp3) is 0.300. The van der Waals surface area contributed by atoms with Gasteiger partial charge in [-0.2, -0.15) is 0 Å². The summed E-state index contributed by atoms with van der Waals surface area (Å²) in [5, 5.41) is 3.22. The van der Waals surface area contributed by atoms with Crippen molar-refractivity contribution >= 4 is 23.4 Å². The predicted molar refractivity (Wildman–Crippen MR) is 100 cm³/mol. The van der Waals surface area contributed by atoms with Crippen molar-refractivity contribution in [1.82, 2.24) is 10.2 Å². The Morgan fingerprint density at radius 1 is 1.08 bits per heavy atom. The molecule has 2 rings (SSSR count). The molecule has 0 aliphatic carbocycles. The Balaban J connectivity index is 2.25. The Labute approximate surface area is 158 Å². The summed E-state index contributed by atoms with van der Waals surface area (Å²) >= 11 is 5.92. The molecule has 1 N–H and O–H groups in total. The number of benzene rings is 2. The van der Waals surface area contributed by atoms with Gasteiger partial charge < -0.3 is 10.2 Å². The van der Waals surface area contributed by atoms with Crippen molar-refractivity contribution in [3.63, 3.8) is 0 Å². The van der Waals surface area contributed by atoms with Crippen LogP contribution in [0.3, 0.4) is 0 Å². The van der Waals surface area contributed by atoms with Crippen LogP contribution in [0.25, 0.3) is 0 Å². The lowest BCUT2D eigenvalue weighted by Crippen LogP contribution is -2.48. The van der Waals surface area contributed by atoms with Gasteiger partial charge in [-0.25, -0.2) is 4.39 Å². The Morgan fingerprint density at radius 2 is 1.65 bits per heavy atom. The van der Waals surface area contributed by atoms with Gasteiger partial charge in [0.25, 0.3) is 0 Å². The van der Waals surface area contributed by atoms with Gasteiger partial charge in [0.05, 0.1) is 6.42 Å². The molecule has 2 amide bonds. The summed E-state index contributed by atoms with van der Waals surface area (Å²) in [7, 11) is 1.55. The van der Waals surface area contributed by atoms with E-state index >= 15 is 0 Å². The number of hydrogen-bond donors (Lipinski definition) is 1. The second kappa shape index (κ2) is 9.34. The van der Waals surface area contributed by atoms with Crippen molar-refractivity contribution in [3.8, 4) is 0 Å². The van der Waals surface area contributed by atoms with E-state index in [1.807, 2.05) is 19.1 Å². The minimum absolute atomic E-state index is 0.0986. The van der Waals surface area contributed by atoms with E-state index in [1.54, 1.807) is 36.2 Å². The molecular formula is C20H22ClFN2O2. The third kappa shape index (κ3) is 5.30. The van der Waals surface area contributed by atoms with Gasteiger partial charge in [0.15, 0.2) is 0 Å². The van der Waals surface area contributed by atoms with Crippen LogP contribution in [0, 0.1) is 5.82 Å². The van der Waals surface area contributed by atoms with E-state index in [1.165, 1.54) is 12.1 Å². The Hall–Kier alpha value is -2.40. The summed E-state index contributed by atoms with van der Waals surface area (Å²) in [5.74, 6) is -0.757. The standard InChI is InChI=1S/C20H22ClFN2O2/c1-3-18(20(26)23-2)24(13-15-4-8-16(21)9-5-15)19(25)12-14-6-10-17(22)11-7-14/h4-11,18H,3,12-13H2,1-2H3,(H,23,26)/t18-/m0/s1. The van der Waals surface area contributed by atoms with Crippen LogP contribution in [-0.4, -0.2) is 29.8 Å². The Bertz CT molecular complexity index is 747. The van der Waals surface area contributed by atoms with Gasteiger partial charge >= 0.3 is 0 Å². The van der Waals surface area contributed by atoms with E-state index in [2.05, 4.69) is 5.32 Å². The van der Waals surface area contributed by atoms with Crippen LogP contribution in [-0.2, 0) is 22.6 Å². The molecule has 0 heterocycles. The van der Waals surface area contributed by atoms with Gasteiger partial charge in [-0.05, 0) is 41.8 Å². The fourth-order valence-corrected chi connectivity index (χ4v) is 2.88. The Morgan fingerprint density at radius 3 is 2.19 bits per heavy atom. The van der Waals surface area contributed by atoms with Gasteiger partial charge in [0.1, 0.15) is 11.9 Å². The number of rotatable bonds is 7. The van der Waals surface area contributed by atoms with Crippen molar-refractivity contribution < 1.29 is 14.0 Å². The number of nitrogens with zero attached hydrogens (tertiary/aromatic N) is 1. The van der Waals surface area contributed by atoms with Crippen molar-refractivity contribution in [2.24, 2.45) is 0 Å². The van der Waals surface area contributed by atoms with Crippen LogP contribution in [0.15, 0.2) is 48.5 Å². The number of likely N-dealkylation sites (N-methyl/N-ethyl adjacent to an activating group) is 1. The fourth-order valence-electron chi connectivity index (χ4n) is 2.75. The third-order valence-corrected chi connectivity index (χ3v) is 4.42. The number of carbonyl (C=O) groups excluding carboxylic acids is 2. The monoisotopic (exact) mass is 376 g/mol. The number of halogens is 2. The molecule has 0 unspecified atom stereocenters. The van der Waals surface area contributed by atoms with Crippen LogP contribution < -0.4 is 5.32 Å². The van der Waals surface area contributed by atoms with Gasteiger partial charge in [-0.15, -0.1) is 0 Å². The Kier molecular flexibility index (Phi) is 7.16. The van der Waals surface area contributed by atoms with Crippen molar-refractivity contribution in [1.29, 1.82) is 0 Å². The maximum atomic E-state index is 13.1. The lowest BCUT2D eigenvalue weighted by molar-refractivity contribution is -0.140. The zero-order valence-electron chi connectivity index (χ0n) is 14.8. The molecule has 0 saturated carbocycles. The number of nitrogens with one attached hydrogen (secondary N) is 1. The average molecular weight is 377 g/mol. The quantitative estimate of drug-likeness (QED) is 0.803. The molecule has 4 nitrogen and oxygen atoms in total. The molecule has 1 atom stereocenters. The second-order valence-electron chi connectivity index (χ2n) is 5.99. The lowest BCUT2D eigenvalue weighted by atomic mass is 10.1. The molecule has 0 aliphatic heterocycles. The molecule has 0 fully saturated rings. The average Bonchev–Trinajstić information content (AvgIpc) is 2.64. The minimum Gasteiger partial charge on any atom is -0.357 e. The highest BCUT2D eigenvalue weighted by Gasteiger charge is 2.27. The highest BCUT2D eigenvalue weighted by atomic mass is 35.5. The summed E-state index contributed by atoms with van der Waals surface area (Å²) in [6.07, 6.45) is 0.587. The molecule has 0 aromatic heterocycles. The molecular weight excluding hydrogens is 355 g/mol. The first-order valence-electron chi connectivity index (χ1n) is 8.44. The molecule has 2 aromatic carbocycles. The van der Waals surface area contributed by atoms with Gasteiger partial charge in [0.2, 0.25) is 11.8 Å². The highest BCUT2D eigenvalue weighted by molar-refractivity contribution is 6.30. The zero-order valence-corrected chi connectivity index (χ0v) is 15.6. The summed E-state index contributed by atoms with van der Waals surface area (Å²) in [6, 6.07) is 12.4. The maximum absolute atomic E-state index is 13.1. The molecule has 0 radical (unpaired) electrons. The minimum atomic E-state index is -0.580. The highest BCUT2D eigenvalue weighted by Crippen LogP contribution is 2.17. The second-order valence-corrected chi connectivity index (χ2v) is 6.43. The molecule has 6 heteroatoms. The van der Waals surface area contributed by atoms with Crippen LogP contribution in [0.2, 0.25) is 5.02 Å². The topological polar surface area (TPSA) is 49.4 Å². The number of amides is 2. The molecule has 0 aliphatic rings. The van der Waals surface area contributed by atoms with E-state index in [-0.39, 0.29) is 24.1 Å². The smallest absolute Gasteiger partial charge is 0.242 e. The number of carbonyl (C=O) groups is 2. The van der Waals surface area contributed by atoms with Crippen molar-refractivity contribution in [2.75, 3.05) is 7.05 Å². The van der Waals surface area contributed by atoms with Crippen molar-refractivity contribution in [2.45, 2.75) is 32.4 Å². The van der Waals surface area contributed by atoms with E-state index < -0.39 is 6.04 Å². The lowest BCUT2D eigenvalue weighted by Gasteiger charge is -2.30.